The maximum Gasteiger partial charge on any atom is 0.244 e. The number of anilines is 1. The Morgan fingerprint density at radius 2 is 1.93 bits per heavy atom. The van der Waals surface area contributed by atoms with Crippen molar-refractivity contribution in [1.29, 1.82) is 0 Å². The van der Waals surface area contributed by atoms with E-state index in [2.05, 4.69) is 15.5 Å². The molecule has 3 aromatic rings. The minimum Gasteiger partial charge on any atom is -0.337 e. The summed E-state index contributed by atoms with van der Waals surface area (Å²) in [6.07, 6.45) is 0. The smallest absolute Gasteiger partial charge is 0.244 e. The van der Waals surface area contributed by atoms with Gasteiger partial charge in [-0.3, -0.25) is 9.69 Å². The molecule has 1 heterocycles. The minimum absolute atomic E-state index is 0.143. The zero-order chi connectivity index (χ0) is 19.4. The lowest BCUT2D eigenvalue weighted by Crippen LogP contribution is -2.32. The molecule has 140 valence electrons. The van der Waals surface area contributed by atoms with Crippen LogP contribution >= 0.6 is 23.2 Å². The first-order valence-corrected chi connectivity index (χ1v) is 9.04. The summed E-state index contributed by atoms with van der Waals surface area (Å²) in [5, 5.41) is 7.62. The third kappa shape index (κ3) is 4.86. The van der Waals surface area contributed by atoms with Crippen LogP contribution in [-0.4, -0.2) is 34.5 Å². The Labute approximate surface area is 167 Å². The number of rotatable bonds is 6. The quantitative estimate of drug-likeness (QED) is 0.645. The molecule has 1 atom stereocenters. The van der Waals surface area contributed by atoms with Crippen LogP contribution in [0.5, 0.6) is 0 Å². The van der Waals surface area contributed by atoms with Crippen LogP contribution in [0.1, 0.15) is 18.9 Å². The Morgan fingerprint density at radius 1 is 1.19 bits per heavy atom. The van der Waals surface area contributed by atoms with Crippen molar-refractivity contribution in [2.45, 2.75) is 13.0 Å². The maximum atomic E-state index is 12.3. The highest BCUT2D eigenvalue weighted by Gasteiger charge is 2.21. The number of halogens is 2. The van der Waals surface area contributed by atoms with Gasteiger partial charge >= 0.3 is 0 Å². The van der Waals surface area contributed by atoms with Gasteiger partial charge in [0.05, 0.1) is 22.6 Å². The third-order valence-electron chi connectivity index (χ3n) is 4.09. The molecule has 1 aromatic heterocycles. The molecule has 0 aliphatic heterocycles. The number of nitrogens with zero attached hydrogens (tertiary/aromatic N) is 3. The van der Waals surface area contributed by atoms with Crippen molar-refractivity contribution in [3.05, 3.63) is 64.5 Å². The summed E-state index contributed by atoms with van der Waals surface area (Å²) in [6.45, 7) is 2.04. The number of hydrogen-bond donors (Lipinski definition) is 1. The largest absolute Gasteiger partial charge is 0.337 e. The van der Waals surface area contributed by atoms with Gasteiger partial charge in [0.1, 0.15) is 0 Å². The molecule has 0 aliphatic carbocycles. The lowest BCUT2D eigenvalue weighted by Gasteiger charge is -2.20. The van der Waals surface area contributed by atoms with E-state index in [1.807, 2.05) is 49.2 Å². The molecule has 27 heavy (non-hydrogen) atoms. The number of carbonyl (C=O) groups excluding carboxylic acids is 1. The predicted octanol–water partition coefficient (Wildman–Crippen LogP) is 4.67. The Kier molecular flexibility index (Phi) is 6.11. The van der Waals surface area contributed by atoms with E-state index in [-0.39, 0.29) is 18.5 Å². The summed E-state index contributed by atoms with van der Waals surface area (Å²) in [5.41, 5.74) is 1.46. The standard InChI is InChI=1S/C19H18Cl2N4O2/c1-12(19-23-18(24-27-19)13-6-4-3-5-7-13)25(2)11-17(26)22-14-8-9-15(20)16(21)10-14/h3-10,12H,11H2,1-2H3,(H,22,26). The summed E-state index contributed by atoms with van der Waals surface area (Å²) >= 11 is 11.8. The van der Waals surface area contributed by atoms with Gasteiger partial charge in [-0.25, -0.2) is 0 Å². The molecule has 8 heteroatoms. The second-order valence-electron chi connectivity index (χ2n) is 6.09. The highest BCUT2D eigenvalue weighted by molar-refractivity contribution is 6.42. The van der Waals surface area contributed by atoms with Gasteiger partial charge in [-0.05, 0) is 32.2 Å². The Bertz CT molecular complexity index is 930. The van der Waals surface area contributed by atoms with Crippen LogP contribution in [-0.2, 0) is 4.79 Å². The van der Waals surface area contributed by atoms with Gasteiger partial charge in [0.2, 0.25) is 17.6 Å². The summed E-state index contributed by atoms with van der Waals surface area (Å²) < 4.78 is 5.36. The first-order valence-electron chi connectivity index (χ1n) is 8.28. The van der Waals surface area contributed by atoms with Crippen molar-refractivity contribution < 1.29 is 9.32 Å². The molecule has 6 nitrogen and oxygen atoms in total. The van der Waals surface area contributed by atoms with Crippen LogP contribution in [0, 0.1) is 0 Å². The molecule has 0 saturated carbocycles. The molecule has 0 saturated heterocycles. The summed E-state index contributed by atoms with van der Waals surface area (Å²) in [4.78, 5) is 18.5. The Hall–Kier alpha value is -2.41. The zero-order valence-corrected chi connectivity index (χ0v) is 16.3. The van der Waals surface area contributed by atoms with E-state index in [1.165, 1.54) is 0 Å². The minimum atomic E-state index is -0.227. The molecule has 0 spiro atoms. The molecule has 0 fully saturated rings. The predicted molar refractivity (Wildman–Crippen MR) is 106 cm³/mol. The molecule has 3 rings (SSSR count). The fraction of sp³-hybridized carbons (Fsp3) is 0.211. The first-order chi connectivity index (χ1) is 12.9. The summed E-state index contributed by atoms with van der Waals surface area (Å²) in [7, 11) is 1.81. The van der Waals surface area contributed by atoms with E-state index < -0.39 is 0 Å². The molecular weight excluding hydrogens is 387 g/mol. The first kappa shape index (κ1) is 19.4. The molecule has 0 bridgehead atoms. The van der Waals surface area contributed by atoms with E-state index >= 15 is 0 Å². The molecule has 0 radical (unpaired) electrons. The van der Waals surface area contributed by atoms with E-state index in [0.29, 0.717) is 27.4 Å². The van der Waals surface area contributed by atoms with Crippen molar-refractivity contribution in [3.63, 3.8) is 0 Å². The van der Waals surface area contributed by atoms with E-state index in [4.69, 9.17) is 27.7 Å². The zero-order valence-electron chi connectivity index (χ0n) is 14.8. The molecule has 1 N–H and O–H groups in total. The Balaban J connectivity index is 1.61. The van der Waals surface area contributed by atoms with Gasteiger partial charge in [-0.2, -0.15) is 4.98 Å². The maximum absolute atomic E-state index is 12.3. The van der Waals surface area contributed by atoms with Crippen LogP contribution < -0.4 is 5.32 Å². The van der Waals surface area contributed by atoms with Gasteiger partial charge in [0, 0.05) is 11.3 Å². The number of benzene rings is 2. The van der Waals surface area contributed by atoms with E-state index in [1.54, 1.807) is 18.2 Å². The van der Waals surface area contributed by atoms with Crippen molar-refractivity contribution in [2.75, 3.05) is 18.9 Å². The summed E-state index contributed by atoms with van der Waals surface area (Å²) in [5.74, 6) is 0.773. The lowest BCUT2D eigenvalue weighted by molar-refractivity contribution is -0.117. The van der Waals surface area contributed by atoms with Crippen molar-refractivity contribution in [1.82, 2.24) is 15.0 Å². The molecule has 0 aliphatic rings. The number of hydrogen-bond acceptors (Lipinski definition) is 5. The van der Waals surface area contributed by atoms with Gasteiger partial charge in [0.15, 0.2) is 0 Å². The average Bonchev–Trinajstić information content (AvgIpc) is 3.15. The number of nitrogens with one attached hydrogen (secondary N) is 1. The van der Waals surface area contributed by atoms with Crippen molar-refractivity contribution >= 4 is 34.8 Å². The van der Waals surface area contributed by atoms with Gasteiger partial charge in [-0.15, -0.1) is 0 Å². The number of carbonyl (C=O) groups is 1. The third-order valence-corrected chi connectivity index (χ3v) is 4.83. The van der Waals surface area contributed by atoms with Gasteiger partial charge in [0.25, 0.3) is 0 Å². The number of amides is 1. The normalized spacial score (nSPS) is 12.2. The molecule has 1 unspecified atom stereocenters. The van der Waals surface area contributed by atoms with Crippen LogP contribution in [0.15, 0.2) is 53.1 Å². The van der Waals surface area contributed by atoms with Crippen LogP contribution in [0.2, 0.25) is 10.0 Å². The number of aromatic nitrogens is 2. The van der Waals surface area contributed by atoms with Crippen molar-refractivity contribution in [2.24, 2.45) is 0 Å². The van der Waals surface area contributed by atoms with Crippen LogP contribution in [0.4, 0.5) is 5.69 Å². The highest BCUT2D eigenvalue weighted by Crippen LogP contribution is 2.25. The second-order valence-corrected chi connectivity index (χ2v) is 6.90. The Morgan fingerprint density at radius 3 is 2.63 bits per heavy atom. The molecular formula is C19H18Cl2N4O2. The lowest BCUT2D eigenvalue weighted by atomic mass is 10.2. The van der Waals surface area contributed by atoms with Crippen molar-refractivity contribution in [3.8, 4) is 11.4 Å². The average molecular weight is 405 g/mol. The fourth-order valence-corrected chi connectivity index (χ4v) is 2.73. The van der Waals surface area contributed by atoms with Crippen LogP contribution in [0.25, 0.3) is 11.4 Å². The topological polar surface area (TPSA) is 71.3 Å². The van der Waals surface area contributed by atoms with Gasteiger partial charge < -0.3 is 9.84 Å². The second kappa shape index (κ2) is 8.52. The van der Waals surface area contributed by atoms with E-state index in [0.717, 1.165) is 5.56 Å². The highest BCUT2D eigenvalue weighted by atomic mass is 35.5. The van der Waals surface area contributed by atoms with E-state index in [9.17, 15) is 4.79 Å². The fourth-order valence-electron chi connectivity index (χ4n) is 2.44. The molecule has 2 aromatic carbocycles. The monoisotopic (exact) mass is 404 g/mol. The summed E-state index contributed by atoms with van der Waals surface area (Å²) in [6, 6.07) is 14.3. The molecule has 1 amide bonds. The number of likely N-dealkylation sites (N-methyl/N-ethyl adjacent to an activating group) is 1. The SMILES string of the molecule is CC(c1nc(-c2ccccc2)no1)N(C)CC(=O)Nc1ccc(Cl)c(Cl)c1. The van der Waals surface area contributed by atoms with Gasteiger partial charge in [-0.1, -0.05) is 58.7 Å². The van der Waals surface area contributed by atoms with Crippen LogP contribution in [0.3, 0.4) is 0 Å².